The van der Waals surface area contributed by atoms with Crippen LogP contribution in [0.25, 0.3) is 11.5 Å². The van der Waals surface area contributed by atoms with Gasteiger partial charge in [-0.15, -0.1) is 10.2 Å². The minimum atomic E-state index is -4.87. The fraction of sp³-hybridized carbons (Fsp3) is 0.450. The van der Waals surface area contributed by atoms with Gasteiger partial charge in [-0.2, -0.15) is 13.2 Å². The Morgan fingerprint density at radius 3 is 2.45 bits per heavy atom. The van der Waals surface area contributed by atoms with Crippen LogP contribution in [0.1, 0.15) is 37.1 Å². The molecular formula is C20H19ClF3N5O2. The Hall–Kier alpha value is -2.43. The Labute approximate surface area is 180 Å². The van der Waals surface area contributed by atoms with Gasteiger partial charge in [0.1, 0.15) is 16.9 Å². The fourth-order valence-corrected chi connectivity index (χ4v) is 4.45. The van der Waals surface area contributed by atoms with E-state index in [4.69, 9.17) is 16.3 Å². The smallest absolute Gasteiger partial charge is 0.378 e. The summed E-state index contributed by atoms with van der Waals surface area (Å²) in [5, 5.41) is 19.5. The lowest BCUT2D eigenvalue weighted by Crippen LogP contribution is -2.50. The van der Waals surface area contributed by atoms with Crippen LogP contribution in [-0.2, 0) is 22.3 Å². The van der Waals surface area contributed by atoms with Gasteiger partial charge in [-0.25, -0.2) is 4.98 Å². The highest BCUT2D eigenvalue weighted by Gasteiger charge is 2.55. The highest BCUT2D eigenvalue weighted by atomic mass is 35.5. The van der Waals surface area contributed by atoms with Crippen LogP contribution < -0.4 is 0 Å². The van der Waals surface area contributed by atoms with Crippen molar-refractivity contribution in [2.75, 3.05) is 13.2 Å². The van der Waals surface area contributed by atoms with Crippen LogP contribution in [0.2, 0.25) is 5.02 Å². The normalized spacial score (nSPS) is 21.7. The molecule has 5 rings (SSSR count). The van der Waals surface area contributed by atoms with E-state index < -0.39 is 29.1 Å². The van der Waals surface area contributed by atoms with Crippen molar-refractivity contribution in [1.82, 2.24) is 24.3 Å². The first-order valence-corrected chi connectivity index (χ1v) is 10.1. The number of rotatable bonds is 3. The average Bonchev–Trinajstić information content (AvgIpc) is 3.27. The zero-order valence-electron chi connectivity index (χ0n) is 16.7. The van der Waals surface area contributed by atoms with E-state index in [1.807, 2.05) is 16.7 Å². The molecular weight excluding hydrogens is 435 g/mol. The molecule has 0 aliphatic carbocycles. The molecule has 2 atom stereocenters. The number of hydrogen-bond acceptors (Lipinski definition) is 5. The van der Waals surface area contributed by atoms with E-state index in [0.717, 1.165) is 5.56 Å². The Morgan fingerprint density at radius 2 is 1.87 bits per heavy atom. The summed E-state index contributed by atoms with van der Waals surface area (Å²) in [4.78, 5) is 3.93. The number of imidazole rings is 1. The summed E-state index contributed by atoms with van der Waals surface area (Å²) in [5.74, 6) is 0.627. The molecule has 2 aliphatic rings. The minimum absolute atomic E-state index is 0.331. The first-order valence-electron chi connectivity index (χ1n) is 9.71. The SMILES string of the molecule is C[C@H]1Cn2c(nnc2C2(c3ccc(Cl)cc3)COC2)-c2cnc(C(C)(O)C(F)(F)F)n21. The summed E-state index contributed by atoms with van der Waals surface area (Å²) in [5.41, 5.74) is -2.25. The van der Waals surface area contributed by atoms with Crippen molar-refractivity contribution in [2.24, 2.45) is 0 Å². The average molecular weight is 454 g/mol. The quantitative estimate of drug-likeness (QED) is 0.657. The molecule has 1 fully saturated rings. The number of fused-ring (bicyclic) bond motifs is 3. The molecule has 164 valence electrons. The van der Waals surface area contributed by atoms with Crippen molar-refractivity contribution in [3.8, 4) is 11.5 Å². The van der Waals surface area contributed by atoms with E-state index in [1.54, 1.807) is 19.1 Å². The maximum absolute atomic E-state index is 13.5. The maximum atomic E-state index is 13.5. The van der Waals surface area contributed by atoms with Gasteiger partial charge < -0.3 is 19.0 Å². The third kappa shape index (κ3) is 2.78. The molecule has 4 heterocycles. The van der Waals surface area contributed by atoms with E-state index in [2.05, 4.69) is 15.2 Å². The van der Waals surface area contributed by atoms with Crippen molar-refractivity contribution in [1.29, 1.82) is 0 Å². The number of aliphatic hydroxyl groups is 1. The van der Waals surface area contributed by atoms with Crippen LogP contribution in [0, 0.1) is 0 Å². The van der Waals surface area contributed by atoms with E-state index in [1.165, 1.54) is 10.8 Å². The molecule has 2 aliphatic heterocycles. The molecule has 0 bridgehead atoms. The summed E-state index contributed by atoms with van der Waals surface area (Å²) in [6.45, 7) is 3.64. The van der Waals surface area contributed by atoms with Gasteiger partial charge in [-0.3, -0.25) is 0 Å². The van der Waals surface area contributed by atoms with Gasteiger partial charge in [0.25, 0.3) is 0 Å². The third-order valence-corrected chi connectivity index (χ3v) is 6.43. The molecule has 7 nitrogen and oxygen atoms in total. The Bertz CT molecular complexity index is 1150. The zero-order chi connectivity index (χ0) is 22.2. The number of ether oxygens (including phenoxy) is 1. The largest absolute Gasteiger partial charge is 0.424 e. The molecule has 1 N–H and O–H groups in total. The second-order valence-electron chi connectivity index (χ2n) is 8.30. The molecule has 0 saturated carbocycles. The molecule has 1 aromatic carbocycles. The van der Waals surface area contributed by atoms with Crippen LogP contribution in [0.5, 0.6) is 0 Å². The van der Waals surface area contributed by atoms with Crippen LogP contribution in [0.3, 0.4) is 0 Å². The lowest BCUT2D eigenvalue weighted by atomic mass is 9.77. The molecule has 31 heavy (non-hydrogen) atoms. The van der Waals surface area contributed by atoms with Gasteiger partial charge in [-0.05, 0) is 31.5 Å². The highest BCUT2D eigenvalue weighted by molar-refractivity contribution is 6.30. The van der Waals surface area contributed by atoms with Crippen LogP contribution >= 0.6 is 11.6 Å². The molecule has 3 aromatic rings. The molecule has 0 spiro atoms. The Balaban J connectivity index is 1.63. The van der Waals surface area contributed by atoms with Crippen molar-refractivity contribution in [3.63, 3.8) is 0 Å². The minimum Gasteiger partial charge on any atom is -0.378 e. The second-order valence-corrected chi connectivity index (χ2v) is 8.73. The van der Waals surface area contributed by atoms with Crippen molar-refractivity contribution in [3.05, 3.63) is 52.7 Å². The highest BCUT2D eigenvalue weighted by Crippen LogP contribution is 2.44. The van der Waals surface area contributed by atoms with Crippen LogP contribution in [0.4, 0.5) is 13.2 Å². The Kier molecular flexibility index (Phi) is 4.32. The summed E-state index contributed by atoms with van der Waals surface area (Å²) >= 11 is 6.04. The van der Waals surface area contributed by atoms with Crippen molar-refractivity contribution < 1.29 is 23.0 Å². The molecule has 1 saturated heterocycles. The summed E-state index contributed by atoms with van der Waals surface area (Å²) in [6, 6.07) is 7.02. The molecule has 2 aromatic heterocycles. The van der Waals surface area contributed by atoms with Crippen LogP contribution in [0.15, 0.2) is 30.5 Å². The summed E-state index contributed by atoms with van der Waals surface area (Å²) < 4.78 is 49.2. The third-order valence-electron chi connectivity index (χ3n) is 6.17. The summed E-state index contributed by atoms with van der Waals surface area (Å²) in [6.07, 6.45) is -3.56. The predicted octanol–water partition coefficient (Wildman–Crippen LogP) is 3.46. The summed E-state index contributed by atoms with van der Waals surface area (Å²) in [7, 11) is 0. The topological polar surface area (TPSA) is 78.0 Å². The van der Waals surface area contributed by atoms with Crippen molar-refractivity contribution in [2.45, 2.75) is 43.6 Å². The molecule has 1 unspecified atom stereocenters. The Morgan fingerprint density at radius 1 is 1.19 bits per heavy atom. The van der Waals surface area contributed by atoms with Gasteiger partial charge in [0.2, 0.25) is 5.60 Å². The standard InChI is InChI=1S/C20H19ClF3N5O2/c1-11-8-28-15(14-7-25-16(29(11)14)18(2,30)20(22,23)24)26-27-17(28)19(9-31-10-19)12-3-5-13(21)6-4-12/h3-7,11,30H,8-10H2,1-2H3/t11-,18?/m0/s1. The van der Waals surface area contributed by atoms with Gasteiger partial charge in [-0.1, -0.05) is 23.7 Å². The molecule has 0 amide bonds. The first-order chi connectivity index (χ1) is 14.6. The predicted molar refractivity (Wildman–Crippen MR) is 105 cm³/mol. The van der Waals surface area contributed by atoms with Gasteiger partial charge in [0, 0.05) is 11.6 Å². The van der Waals surface area contributed by atoms with E-state index >= 15 is 0 Å². The second kappa shape index (κ2) is 6.54. The number of alkyl halides is 3. The van der Waals surface area contributed by atoms with E-state index in [9.17, 15) is 18.3 Å². The molecule has 0 radical (unpaired) electrons. The van der Waals surface area contributed by atoms with E-state index in [-0.39, 0.29) is 0 Å². The van der Waals surface area contributed by atoms with Crippen molar-refractivity contribution >= 4 is 11.6 Å². The van der Waals surface area contributed by atoms with Gasteiger partial charge >= 0.3 is 6.18 Å². The number of nitrogens with zero attached hydrogens (tertiary/aromatic N) is 5. The number of halogens is 4. The lowest BCUT2D eigenvalue weighted by molar-refractivity contribution is -0.262. The van der Waals surface area contributed by atoms with Gasteiger partial charge in [0.05, 0.1) is 25.5 Å². The fourth-order valence-electron chi connectivity index (χ4n) is 4.32. The maximum Gasteiger partial charge on any atom is 0.424 e. The van der Waals surface area contributed by atoms with Gasteiger partial charge in [0.15, 0.2) is 11.6 Å². The zero-order valence-corrected chi connectivity index (χ0v) is 17.4. The monoisotopic (exact) mass is 453 g/mol. The first kappa shape index (κ1) is 20.5. The number of hydrogen-bond donors (Lipinski definition) is 1. The molecule has 11 heteroatoms. The number of benzene rings is 1. The van der Waals surface area contributed by atoms with Crippen LogP contribution in [-0.4, -0.2) is 48.8 Å². The lowest BCUT2D eigenvalue weighted by Gasteiger charge is -2.42. The number of aromatic nitrogens is 5. The van der Waals surface area contributed by atoms with E-state index in [0.29, 0.717) is 49.0 Å².